The van der Waals surface area contributed by atoms with E-state index < -0.39 is 0 Å². The largest absolute Gasteiger partial charge is 0.504 e. The van der Waals surface area contributed by atoms with Gasteiger partial charge in [0.1, 0.15) is 5.52 Å². The number of phenols is 1. The molecule has 2 aromatic carbocycles. The Morgan fingerprint density at radius 2 is 1.60 bits per heavy atom. The molecule has 0 saturated carbocycles. The first-order valence-corrected chi connectivity index (χ1v) is 7.53. The molecule has 1 N–H and O–H groups in total. The maximum Gasteiger partial charge on any atom is 0.157 e. The number of benzene rings is 2. The third kappa shape index (κ3) is 2.12. The Morgan fingerprint density at radius 1 is 1.05 bits per heavy atom. The third-order valence-corrected chi connectivity index (χ3v) is 4.47. The minimum absolute atomic E-state index is 0.0812. The molecule has 0 aliphatic carbocycles. The lowest BCUT2D eigenvalue weighted by atomic mass is 10.1. The zero-order valence-corrected chi connectivity index (χ0v) is 13.5. The number of halogens is 3. The minimum atomic E-state index is 0.0812. The normalized spacial score (nSPS) is 11.4. The molecule has 6 heteroatoms. The molecule has 3 aromatic rings. The van der Waals surface area contributed by atoms with E-state index in [-0.39, 0.29) is 5.75 Å². The van der Waals surface area contributed by atoms with Gasteiger partial charge in [-0.15, -0.1) is 0 Å². The number of phenolic OH excluding ortho intramolecular Hbond substituents is 1. The Kier molecular flexibility index (Phi) is 3.48. The first-order valence-electron chi connectivity index (χ1n) is 5.98. The summed E-state index contributed by atoms with van der Waals surface area (Å²) in [5.41, 5.74) is 3.40. The monoisotopic (exact) mass is 370 g/mol. The fourth-order valence-corrected chi connectivity index (χ4v) is 2.89. The molecule has 0 spiro atoms. The highest BCUT2D eigenvalue weighted by Gasteiger charge is 2.14. The summed E-state index contributed by atoms with van der Waals surface area (Å²) in [4.78, 5) is 9.03. The van der Waals surface area contributed by atoms with Gasteiger partial charge in [0.15, 0.2) is 5.75 Å². The van der Waals surface area contributed by atoms with Gasteiger partial charge in [0, 0.05) is 0 Å². The van der Waals surface area contributed by atoms with Gasteiger partial charge in [-0.2, -0.15) is 0 Å². The van der Waals surface area contributed by atoms with Crippen LogP contribution < -0.4 is 0 Å². The van der Waals surface area contributed by atoms with Crippen LogP contribution in [0.2, 0.25) is 10.0 Å². The quantitative estimate of drug-likeness (QED) is 0.604. The van der Waals surface area contributed by atoms with Crippen molar-refractivity contribution in [2.24, 2.45) is 0 Å². The van der Waals surface area contributed by atoms with E-state index in [0.29, 0.717) is 36.6 Å². The molecule has 1 aromatic heterocycles. The molecular weight excluding hydrogens is 363 g/mol. The van der Waals surface area contributed by atoms with Gasteiger partial charge in [-0.1, -0.05) is 30.1 Å². The summed E-state index contributed by atoms with van der Waals surface area (Å²) in [6, 6.07) is 5.19. The Hall–Kier alpha value is -1.10. The van der Waals surface area contributed by atoms with Crippen molar-refractivity contribution in [2.45, 2.75) is 13.3 Å². The number of rotatable bonds is 1. The van der Waals surface area contributed by atoms with E-state index >= 15 is 0 Å². The van der Waals surface area contributed by atoms with Crippen LogP contribution in [0.3, 0.4) is 0 Å². The molecule has 1 heterocycles. The molecule has 0 bridgehead atoms. The fraction of sp³-hybridized carbons (Fsp3) is 0.143. The van der Waals surface area contributed by atoms with Gasteiger partial charge in [-0.05, 0) is 46.1 Å². The van der Waals surface area contributed by atoms with E-state index in [0.717, 1.165) is 12.0 Å². The molecule has 0 atom stereocenters. The predicted octanol–water partition coefficient (Wildman–Crippen LogP) is 5.12. The van der Waals surface area contributed by atoms with Crippen molar-refractivity contribution in [3.05, 3.63) is 38.3 Å². The van der Waals surface area contributed by atoms with E-state index in [9.17, 15) is 5.11 Å². The smallest absolute Gasteiger partial charge is 0.157 e. The van der Waals surface area contributed by atoms with Gasteiger partial charge >= 0.3 is 0 Å². The molecule has 102 valence electrons. The van der Waals surface area contributed by atoms with Crippen LogP contribution in [0.4, 0.5) is 0 Å². The Morgan fingerprint density at radius 3 is 2.15 bits per heavy atom. The second kappa shape index (κ2) is 5.02. The summed E-state index contributed by atoms with van der Waals surface area (Å²) < 4.78 is 0.607. The summed E-state index contributed by atoms with van der Waals surface area (Å²) in [5.74, 6) is 0.0812. The van der Waals surface area contributed by atoms with Gasteiger partial charge in [0.2, 0.25) is 0 Å². The lowest BCUT2D eigenvalue weighted by Crippen LogP contribution is -1.94. The van der Waals surface area contributed by atoms with Crippen LogP contribution in [0.1, 0.15) is 12.5 Å². The van der Waals surface area contributed by atoms with Crippen LogP contribution in [-0.2, 0) is 6.42 Å². The van der Waals surface area contributed by atoms with Crippen LogP contribution in [-0.4, -0.2) is 15.1 Å². The molecule has 0 radical (unpaired) electrons. The van der Waals surface area contributed by atoms with E-state index in [1.807, 2.05) is 13.0 Å². The molecule has 3 rings (SSSR count). The summed E-state index contributed by atoms with van der Waals surface area (Å²) >= 11 is 15.3. The summed E-state index contributed by atoms with van der Waals surface area (Å²) in [7, 11) is 0. The maximum absolute atomic E-state index is 10.2. The molecule has 0 unspecified atom stereocenters. The zero-order chi connectivity index (χ0) is 14.4. The van der Waals surface area contributed by atoms with Crippen LogP contribution in [0.5, 0.6) is 5.75 Å². The molecule has 0 fully saturated rings. The average Bonchev–Trinajstić information content (AvgIpc) is 2.43. The van der Waals surface area contributed by atoms with Gasteiger partial charge in [0.05, 0.1) is 31.1 Å². The summed E-state index contributed by atoms with van der Waals surface area (Å²) in [5, 5.41) is 11.0. The van der Waals surface area contributed by atoms with Crippen molar-refractivity contribution in [1.29, 1.82) is 0 Å². The third-order valence-electron chi connectivity index (χ3n) is 3.14. The molecule has 0 aliphatic rings. The van der Waals surface area contributed by atoms with E-state index in [4.69, 9.17) is 23.2 Å². The number of fused-ring (bicyclic) bond motifs is 2. The second-order valence-corrected chi connectivity index (χ2v) is 6.06. The van der Waals surface area contributed by atoms with Gasteiger partial charge in [0.25, 0.3) is 0 Å². The highest BCUT2D eigenvalue weighted by atomic mass is 79.9. The van der Waals surface area contributed by atoms with Crippen molar-refractivity contribution in [1.82, 2.24) is 9.97 Å². The highest BCUT2D eigenvalue weighted by Crippen LogP contribution is 2.35. The van der Waals surface area contributed by atoms with Gasteiger partial charge in [-0.25, -0.2) is 9.97 Å². The number of aromatic nitrogens is 2. The van der Waals surface area contributed by atoms with E-state index in [2.05, 4.69) is 25.9 Å². The topological polar surface area (TPSA) is 46.0 Å². The summed E-state index contributed by atoms with van der Waals surface area (Å²) in [6.07, 6.45) is 0.789. The minimum Gasteiger partial charge on any atom is -0.504 e. The van der Waals surface area contributed by atoms with Crippen LogP contribution >= 0.6 is 39.1 Å². The first kappa shape index (κ1) is 13.9. The molecule has 0 saturated heterocycles. The average molecular weight is 372 g/mol. The molecule has 0 aliphatic heterocycles. The van der Waals surface area contributed by atoms with Crippen molar-refractivity contribution < 1.29 is 5.11 Å². The number of nitrogens with zero attached hydrogens (tertiary/aromatic N) is 2. The first-order chi connectivity index (χ1) is 9.51. The number of hydrogen-bond donors (Lipinski definition) is 1. The maximum atomic E-state index is 10.2. The van der Waals surface area contributed by atoms with Crippen molar-refractivity contribution in [3.8, 4) is 5.75 Å². The van der Waals surface area contributed by atoms with Crippen LogP contribution in [0, 0.1) is 0 Å². The zero-order valence-electron chi connectivity index (χ0n) is 10.4. The number of aromatic hydroxyl groups is 1. The van der Waals surface area contributed by atoms with Crippen LogP contribution in [0.25, 0.3) is 22.1 Å². The number of hydrogen-bond acceptors (Lipinski definition) is 3. The van der Waals surface area contributed by atoms with E-state index in [1.54, 1.807) is 12.1 Å². The lowest BCUT2D eigenvalue weighted by molar-refractivity contribution is 0.477. The van der Waals surface area contributed by atoms with Crippen LogP contribution in [0.15, 0.2) is 22.7 Å². The molecule has 3 nitrogen and oxygen atoms in total. The number of aryl methyl sites for hydroxylation is 1. The predicted molar refractivity (Wildman–Crippen MR) is 85.8 cm³/mol. The molecule has 0 amide bonds. The van der Waals surface area contributed by atoms with Crippen molar-refractivity contribution >= 4 is 61.2 Å². The summed E-state index contributed by atoms with van der Waals surface area (Å²) in [6.45, 7) is 2.03. The Balaban J connectivity index is 2.50. The lowest BCUT2D eigenvalue weighted by Gasteiger charge is -2.09. The van der Waals surface area contributed by atoms with Gasteiger partial charge < -0.3 is 5.11 Å². The SMILES string of the molecule is CCc1cc(Br)c(O)c2nc3cc(Cl)c(Cl)cc3nc12. The fourth-order valence-electron chi connectivity index (χ4n) is 2.11. The standard InChI is InChI=1S/C14H9BrCl2N2O/c1-2-6-3-7(15)14(20)13-12(6)18-10-4-8(16)9(17)5-11(10)19-13/h3-5,20H,2H2,1H3. The second-order valence-electron chi connectivity index (χ2n) is 4.40. The Bertz CT molecular complexity index is 852. The van der Waals surface area contributed by atoms with Crippen molar-refractivity contribution in [3.63, 3.8) is 0 Å². The van der Waals surface area contributed by atoms with E-state index in [1.165, 1.54) is 0 Å². The Labute approximate surface area is 133 Å². The molecule has 20 heavy (non-hydrogen) atoms. The van der Waals surface area contributed by atoms with Crippen molar-refractivity contribution in [2.75, 3.05) is 0 Å². The van der Waals surface area contributed by atoms with Gasteiger partial charge in [-0.3, -0.25) is 0 Å². The highest BCUT2D eigenvalue weighted by molar-refractivity contribution is 9.10. The molecular formula is C14H9BrCl2N2O.